The average Bonchev–Trinajstić information content (AvgIpc) is 2.34. The molecule has 5 atom stereocenters. The zero-order chi connectivity index (χ0) is 13.1. The van der Waals surface area contributed by atoms with Crippen molar-refractivity contribution < 1.29 is 10.2 Å². The van der Waals surface area contributed by atoms with Crippen molar-refractivity contribution in [2.75, 3.05) is 19.7 Å². The lowest BCUT2D eigenvalue weighted by molar-refractivity contribution is -0.0206. The molecule has 0 aromatic rings. The third-order valence-electron chi connectivity index (χ3n) is 5.05. The van der Waals surface area contributed by atoms with Crippen molar-refractivity contribution >= 4 is 0 Å². The van der Waals surface area contributed by atoms with E-state index in [1.165, 1.54) is 19.3 Å². The highest BCUT2D eigenvalue weighted by Gasteiger charge is 2.35. The van der Waals surface area contributed by atoms with Crippen LogP contribution >= 0.6 is 0 Å². The normalized spacial score (nSPS) is 43.0. The van der Waals surface area contributed by atoms with Crippen molar-refractivity contribution in [1.82, 2.24) is 4.90 Å². The van der Waals surface area contributed by atoms with Gasteiger partial charge in [0.15, 0.2) is 0 Å². The Morgan fingerprint density at radius 3 is 2.61 bits per heavy atom. The second-order valence-corrected chi connectivity index (χ2v) is 6.61. The van der Waals surface area contributed by atoms with E-state index in [1.54, 1.807) is 0 Å². The molecule has 3 nitrogen and oxygen atoms in total. The Kier molecular flexibility index (Phi) is 5.05. The van der Waals surface area contributed by atoms with E-state index in [9.17, 15) is 10.2 Å². The number of aliphatic hydroxyl groups is 2. The van der Waals surface area contributed by atoms with Crippen LogP contribution in [-0.4, -0.2) is 47.0 Å². The maximum absolute atomic E-state index is 10.3. The fraction of sp³-hybridized carbons (Fsp3) is 1.00. The van der Waals surface area contributed by atoms with Crippen molar-refractivity contribution in [2.45, 2.75) is 58.1 Å². The molecule has 18 heavy (non-hydrogen) atoms. The molecule has 0 radical (unpaired) electrons. The molecule has 2 rings (SSSR count). The van der Waals surface area contributed by atoms with Crippen LogP contribution in [0.4, 0.5) is 0 Å². The predicted octanol–water partition coefficient (Wildman–Crippen LogP) is 1.88. The fourth-order valence-electron chi connectivity index (χ4n) is 3.95. The van der Waals surface area contributed by atoms with Gasteiger partial charge in [-0.15, -0.1) is 0 Å². The third kappa shape index (κ3) is 3.25. The van der Waals surface area contributed by atoms with Crippen LogP contribution in [0.25, 0.3) is 0 Å². The van der Waals surface area contributed by atoms with Crippen molar-refractivity contribution in [1.29, 1.82) is 0 Å². The number of likely N-dealkylation sites (tertiary alicyclic amines) is 1. The van der Waals surface area contributed by atoms with Crippen LogP contribution in [0.2, 0.25) is 0 Å². The summed E-state index contributed by atoms with van der Waals surface area (Å²) < 4.78 is 0. The second-order valence-electron chi connectivity index (χ2n) is 6.61. The van der Waals surface area contributed by atoms with Crippen LogP contribution in [-0.2, 0) is 0 Å². The molecule has 2 aliphatic rings. The number of nitrogens with zero attached hydrogens (tertiary/aromatic N) is 1. The SMILES string of the molecule is CC1CC(C)C(CN2CCCCC2CO)C(O)C1. The summed E-state index contributed by atoms with van der Waals surface area (Å²) >= 11 is 0. The van der Waals surface area contributed by atoms with E-state index in [0.29, 0.717) is 23.8 Å². The van der Waals surface area contributed by atoms with Crippen molar-refractivity contribution in [2.24, 2.45) is 17.8 Å². The van der Waals surface area contributed by atoms with Gasteiger partial charge in [-0.25, -0.2) is 0 Å². The Balaban J connectivity index is 1.94. The molecule has 1 saturated heterocycles. The van der Waals surface area contributed by atoms with Gasteiger partial charge in [0.2, 0.25) is 0 Å². The lowest BCUT2D eigenvalue weighted by Crippen LogP contribution is -2.49. The topological polar surface area (TPSA) is 43.7 Å². The molecule has 0 aromatic carbocycles. The molecule has 1 aliphatic heterocycles. The first-order valence-corrected chi connectivity index (χ1v) is 7.64. The summed E-state index contributed by atoms with van der Waals surface area (Å²) in [5.74, 6) is 1.65. The molecule has 2 fully saturated rings. The first-order valence-electron chi connectivity index (χ1n) is 7.64. The molecule has 0 bridgehead atoms. The van der Waals surface area contributed by atoms with Gasteiger partial charge in [-0.2, -0.15) is 0 Å². The van der Waals surface area contributed by atoms with E-state index in [1.807, 2.05) is 0 Å². The second kappa shape index (κ2) is 6.36. The summed E-state index contributed by atoms with van der Waals surface area (Å²) in [7, 11) is 0. The number of hydrogen-bond donors (Lipinski definition) is 2. The Morgan fingerprint density at radius 1 is 1.17 bits per heavy atom. The number of rotatable bonds is 3. The van der Waals surface area contributed by atoms with Gasteiger partial charge < -0.3 is 10.2 Å². The maximum Gasteiger partial charge on any atom is 0.0586 e. The highest BCUT2D eigenvalue weighted by molar-refractivity contribution is 4.87. The van der Waals surface area contributed by atoms with Gasteiger partial charge in [-0.3, -0.25) is 4.90 Å². The largest absolute Gasteiger partial charge is 0.395 e. The zero-order valence-corrected chi connectivity index (χ0v) is 11.9. The molecule has 106 valence electrons. The van der Waals surface area contributed by atoms with Crippen LogP contribution < -0.4 is 0 Å². The number of piperidine rings is 1. The van der Waals surface area contributed by atoms with E-state index in [2.05, 4.69) is 18.7 Å². The Hall–Kier alpha value is -0.120. The van der Waals surface area contributed by atoms with E-state index in [4.69, 9.17) is 0 Å². The molecular formula is C15H29NO2. The van der Waals surface area contributed by atoms with Crippen LogP contribution in [0.1, 0.15) is 46.0 Å². The summed E-state index contributed by atoms with van der Waals surface area (Å²) in [5, 5.41) is 19.8. The molecule has 0 spiro atoms. The zero-order valence-electron chi connectivity index (χ0n) is 11.9. The summed E-state index contributed by atoms with van der Waals surface area (Å²) in [6.07, 6.45) is 5.63. The maximum atomic E-state index is 10.3. The van der Waals surface area contributed by atoms with E-state index >= 15 is 0 Å². The van der Waals surface area contributed by atoms with E-state index < -0.39 is 0 Å². The van der Waals surface area contributed by atoms with Crippen LogP contribution in [0.5, 0.6) is 0 Å². The van der Waals surface area contributed by atoms with Crippen LogP contribution in [0.15, 0.2) is 0 Å². The minimum atomic E-state index is -0.148. The fourth-order valence-corrected chi connectivity index (χ4v) is 3.95. The quantitative estimate of drug-likeness (QED) is 0.809. The molecule has 1 aliphatic carbocycles. The first-order chi connectivity index (χ1) is 8.61. The Morgan fingerprint density at radius 2 is 1.94 bits per heavy atom. The van der Waals surface area contributed by atoms with Gasteiger partial charge >= 0.3 is 0 Å². The average molecular weight is 255 g/mol. The first kappa shape index (κ1) is 14.3. The summed E-state index contributed by atoms with van der Waals surface area (Å²) in [4.78, 5) is 2.42. The molecule has 5 unspecified atom stereocenters. The van der Waals surface area contributed by atoms with Gasteiger partial charge in [0, 0.05) is 18.5 Å². The lowest BCUT2D eigenvalue weighted by atomic mass is 9.73. The third-order valence-corrected chi connectivity index (χ3v) is 5.05. The molecule has 2 N–H and O–H groups in total. The van der Waals surface area contributed by atoms with Gasteiger partial charge in [-0.1, -0.05) is 20.3 Å². The number of aliphatic hydroxyl groups excluding tert-OH is 2. The molecule has 0 amide bonds. The summed E-state index contributed by atoms with van der Waals surface area (Å²) in [5.41, 5.74) is 0. The van der Waals surface area contributed by atoms with Gasteiger partial charge in [0.1, 0.15) is 0 Å². The smallest absolute Gasteiger partial charge is 0.0586 e. The molecule has 3 heteroatoms. The molecular weight excluding hydrogens is 226 g/mol. The summed E-state index contributed by atoms with van der Waals surface area (Å²) in [6.45, 7) is 6.86. The van der Waals surface area contributed by atoms with E-state index in [0.717, 1.165) is 25.9 Å². The van der Waals surface area contributed by atoms with Gasteiger partial charge in [0.05, 0.1) is 12.7 Å². The van der Waals surface area contributed by atoms with Crippen LogP contribution in [0.3, 0.4) is 0 Å². The highest BCUT2D eigenvalue weighted by Crippen LogP contribution is 2.35. The molecule has 1 saturated carbocycles. The van der Waals surface area contributed by atoms with E-state index in [-0.39, 0.29) is 12.7 Å². The minimum absolute atomic E-state index is 0.148. The summed E-state index contributed by atoms with van der Waals surface area (Å²) in [6, 6.07) is 0.331. The highest BCUT2D eigenvalue weighted by atomic mass is 16.3. The van der Waals surface area contributed by atoms with Crippen LogP contribution in [0, 0.1) is 17.8 Å². The van der Waals surface area contributed by atoms with Crippen molar-refractivity contribution in [3.63, 3.8) is 0 Å². The van der Waals surface area contributed by atoms with Crippen molar-refractivity contribution in [3.8, 4) is 0 Å². The monoisotopic (exact) mass is 255 g/mol. The molecule has 1 heterocycles. The van der Waals surface area contributed by atoms with Gasteiger partial charge in [-0.05, 0) is 44.1 Å². The number of hydrogen-bond acceptors (Lipinski definition) is 3. The Bertz CT molecular complexity index is 247. The molecule has 0 aromatic heterocycles. The Labute approximate surface area is 111 Å². The minimum Gasteiger partial charge on any atom is -0.395 e. The van der Waals surface area contributed by atoms with Crippen molar-refractivity contribution in [3.05, 3.63) is 0 Å². The van der Waals surface area contributed by atoms with Gasteiger partial charge in [0.25, 0.3) is 0 Å². The lowest BCUT2D eigenvalue weighted by Gasteiger charge is -2.43. The predicted molar refractivity (Wildman–Crippen MR) is 73.4 cm³/mol. The standard InChI is InChI=1S/C15H29NO2/c1-11-7-12(2)14(15(18)8-11)9-16-6-4-3-5-13(16)10-17/h11-15,17-18H,3-10H2,1-2H3.